The van der Waals surface area contributed by atoms with Crippen molar-refractivity contribution in [2.75, 3.05) is 45.8 Å². The SMILES string of the molecule is O=C(CN1CCCC(O)C1)N1CCN(Cc2ccc(Cl)cc2)CC1. The van der Waals surface area contributed by atoms with Gasteiger partial charge in [-0.3, -0.25) is 14.6 Å². The predicted octanol–water partition coefficient (Wildman–Crippen LogP) is 1.44. The number of rotatable bonds is 4. The molecule has 5 nitrogen and oxygen atoms in total. The molecule has 6 heteroatoms. The van der Waals surface area contributed by atoms with E-state index in [2.05, 4.69) is 21.9 Å². The van der Waals surface area contributed by atoms with Crippen LogP contribution in [0.2, 0.25) is 5.02 Å². The van der Waals surface area contributed by atoms with Gasteiger partial charge in [-0.15, -0.1) is 0 Å². The Morgan fingerprint density at radius 3 is 2.46 bits per heavy atom. The molecule has 1 aromatic carbocycles. The molecular formula is C18H26ClN3O2. The third-order valence-electron chi connectivity index (χ3n) is 4.88. The highest BCUT2D eigenvalue weighted by Crippen LogP contribution is 2.14. The van der Waals surface area contributed by atoms with Gasteiger partial charge in [0.05, 0.1) is 12.6 Å². The number of amides is 1. The monoisotopic (exact) mass is 351 g/mol. The van der Waals surface area contributed by atoms with Gasteiger partial charge in [-0.1, -0.05) is 23.7 Å². The number of benzene rings is 1. The van der Waals surface area contributed by atoms with E-state index in [1.165, 1.54) is 5.56 Å². The molecule has 0 aliphatic carbocycles. The summed E-state index contributed by atoms with van der Waals surface area (Å²) in [5, 5.41) is 10.5. The van der Waals surface area contributed by atoms with Gasteiger partial charge in [0, 0.05) is 44.3 Å². The van der Waals surface area contributed by atoms with Crippen molar-refractivity contribution in [3.8, 4) is 0 Å². The minimum atomic E-state index is -0.275. The van der Waals surface area contributed by atoms with E-state index in [1.807, 2.05) is 17.0 Å². The quantitative estimate of drug-likeness (QED) is 0.891. The van der Waals surface area contributed by atoms with E-state index in [0.717, 1.165) is 57.1 Å². The van der Waals surface area contributed by atoms with Crippen LogP contribution in [0.15, 0.2) is 24.3 Å². The Balaban J connectivity index is 1.42. The maximum atomic E-state index is 12.4. The van der Waals surface area contributed by atoms with Crippen molar-refractivity contribution in [2.45, 2.75) is 25.5 Å². The van der Waals surface area contributed by atoms with E-state index in [9.17, 15) is 9.90 Å². The summed E-state index contributed by atoms with van der Waals surface area (Å²) in [5.74, 6) is 0.190. The van der Waals surface area contributed by atoms with Crippen molar-refractivity contribution in [1.29, 1.82) is 0 Å². The standard InChI is InChI=1S/C18H26ClN3O2/c19-16-5-3-15(4-6-16)12-20-8-10-22(11-9-20)18(24)14-21-7-1-2-17(23)13-21/h3-6,17,23H,1-2,7-14H2. The molecule has 1 aromatic rings. The Bertz CT molecular complexity index is 544. The van der Waals surface area contributed by atoms with Crippen LogP contribution < -0.4 is 0 Å². The third kappa shape index (κ3) is 4.93. The van der Waals surface area contributed by atoms with Crippen LogP contribution in [0.3, 0.4) is 0 Å². The van der Waals surface area contributed by atoms with Crippen LogP contribution in [-0.2, 0) is 11.3 Å². The summed E-state index contributed by atoms with van der Waals surface area (Å²) in [6, 6.07) is 7.95. The molecule has 2 fully saturated rings. The molecule has 2 aliphatic rings. The zero-order valence-corrected chi connectivity index (χ0v) is 14.8. The second-order valence-electron chi connectivity index (χ2n) is 6.81. The zero-order chi connectivity index (χ0) is 16.9. The van der Waals surface area contributed by atoms with E-state index in [4.69, 9.17) is 11.6 Å². The van der Waals surface area contributed by atoms with Gasteiger partial charge >= 0.3 is 0 Å². The van der Waals surface area contributed by atoms with Gasteiger partial charge in [-0.05, 0) is 37.1 Å². The first kappa shape index (κ1) is 17.7. The highest BCUT2D eigenvalue weighted by atomic mass is 35.5. The van der Waals surface area contributed by atoms with Crippen LogP contribution in [0, 0.1) is 0 Å². The van der Waals surface area contributed by atoms with Gasteiger partial charge in [0.15, 0.2) is 0 Å². The lowest BCUT2D eigenvalue weighted by Crippen LogP contribution is -2.52. The van der Waals surface area contributed by atoms with E-state index < -0.39 is 0 Å². The van der Waals surface area contributed by atoms with Gasteiger partial charge in [-0.25, -0.2) is 0 Å². The molecule has 0 radical (unpaired) electrons. The highest BCUT2D eigenvalue weighted by Gasteiger charge is 2.25. The molecule has 1 atom stereocenters. The van der Waals surface area contributed by atoms with Gasteiger partial charge in [0.25, 0.3) is 0 Å². The van der Waals surface area contributed by atoms with E-state index >= 15 is 0 Å². The second kappa shape index (κ2) is 8.30. The van der Waals surface area contributed by atoms with Crippen molar-refractivity contribution in [3.63, 3.8) is 0 Å². The van der Waals surface area contributed by atoms with E-state index in [-0.39, 0.29) is 12.0 Å². The first-order valence-electron chi connectivity index (χ1n) is 8.75. The number of hydrogen-bond donors (Lipinski definition) is 1. The molecule has 1 amide bonds. The van der Waals surface area contributed by atoms with Gasteiger partial charge < -0.3 is 10.0 Å². The number of aliphatic hydroxyl groups excluding tert-OH is 1. The van der Waals surface area contributed by atoms with Gasteiger partial charge in [0.2, 0.25) is 5.91 Å². The molecule has 0 bridgehead atoms. The summed E-state index contributed by atoms with van der Waals surface area (Å²) < 4.78 is 0. The van der Waals surface area contributed by atoms with E-state index in [1.54, 1.807) is 0 Å². The molecule has 2 heterocycles. The number of nitrogens with zero attached hydrogens (tertiary/aromatic N) is 3. The first-order chi connectivity index (χ1) is 11.6. The molecule has 0 saturated carbocycles. The molecule has 0 aromatic heterocycles. The average molecular weight is 352 g/mol. The largest absolute Gasteiger partial charge is 0.392 e. The zero-order valence-electron chi connectivity index (χ0n) is 14.0. The molecule has 0 spiro atoms. The molecule has 1 unspecified atom stereocenters. The molecule has 132 valence electrons. The Morgan fingerprint density at radius 2 is 1.79 bits per heavy atom. The summed E-state index contributed by atoms with van der Waals surface area (Å²) >= 11 is 5.92. The fourth-order valence-electron chi connectivity index (χ4n) is 3.47. The fraction of sp³-hybridized carbons (Fsp3) is 0.611. The normalized spacial score (nSPS) is 23.4. The van der Waals surface area contributed by atoms with Crippen LogP contribution in [0.5, 0.6) is 0 Å². The van der Waals surface area contributed by atoms with Crippen molar-refractivity contribution in [2.24, 2.45) is 0 Å². The third-order valence-corrected chi connectivity index (χ3v) is 5.14. The Morgan fingerprint density at radius 1 is 1.08 bits per heavy atom. The predicted molar refractivity (Wildman–Crippen MR) is 95.0 cm³/mol. The van der Waals surface area contributed by atoms with E-state index in [0.29, 0.717) is 13.1 Å². The van der Waals surface area contributed by atoms with Crippen molar-refractivity contribution in [1.82, 2.24) is 14.7 Å². The minimum Gasteiger partial charge on any atom is -0.392 e. The molecule has 1 N–H and O–H groups in total. The molecule has 2 aliphatic heterocycles. The Labute approximate surface area is 148 Å². The van der Waals surface area contributed by atoms with Crippen molar-refractivity contribution in [3.05, 3.63) is 34.9 Å². The smallest absolute Gasteiger partial charge is 0.236 e. The number of aliphatic hydroxyl groups is 1. The number of carbonyl (C=O) groups excluding carboxylic acids is 1. The maximum Gasteiger partial charge on any atom is 0.236 e. The van der Waals surface area contributed by atoms with Crippen LogP contribution in [0.4, 0.5) is 0 Å². The lowest BCUT2D eigenvalue weighted by Gasteiger charge is -2.37. The summed E-state index contributed by atoms with van der Waals surface area (Å²) in [7, 11) is 0. The summed E-state index contributed by atoms with van der Waals surface area (Å²) in [6.45, 7) is 6.24. The Hall–Kier alpha value is -1.14. The van der Waals surface area contributed by atoms with Crippen molar-refractivity contribution < 1.29 is 9.90 Å². The Kier molecular flexibility index (Phi) is 6.11. The molecule has 3 rings (SSSR count). The molecular weight excluding hydrogens is 326 g/mol. The van der Waals surface area contributed by atoms with Crippen LogP contribution in [0.25, 0.3) is 0 Å². The van der Waals surface area contributed by atoms with Gasteiger partial charge in [0.1, 0.15) is 0 Å². The number of halogens is 1. The fourth-order valence-corrected chi connectivity index (χ4v) is 3.60. The number of carbonyl (C=O) groups is 1. The summed E-state index contributed by atoms with van der Waals surface area (Å²) in [5.41, 5.74) is 1.25. The molecule has 2 saturated heterocycles. The van der Waals surface area contributed by atoms with Crippen LogP contribution in [0.1, 0.15) is 18.4 Å². The lowest BCUT2D eigenvalue weighted by molar-refractivity contribution is -0.134. The summed E-state index contributed by atoms with van der Waals surface area (Å²) in [4.78, 5) is 18.9. The second-order valence-corrected chi connectivity index (χ2v) is 7.25. The van der Waals surface area contributed by atoms with Crippen LogP contribution in [-0.4, -0.2) is 77.6 Å². The number of β-amino-alcohol motifs (C(OH)–C–C–N with tert-alkyl or cyclic N) is 1. The van der Waals surface area contributed by atoms with Crippen molar-refractivity contribution >= 4 is 17.5 Å². The number of likely N-dealkylation sites (tertiary alicyclic amines) is 1. The lowest BCUT2D eigenvalue weighted by atomic mass is 10.1. The first-order valence-corrected chi connectivity index (χ1v) is 9.13. The minimum absolute atomic E-state index is 0.190. The average Bonchev–Trinajstić information content (AvgIpc) is 2.57. The highest BCUT2D eigenvalue weighted by molar-refractivity contribution is 6.30. The maximum absolute atomic E-state index is 12.4. The number of hydrogen-bond acceptors (Lipinski definition) is 4. The number of piperidine rings is 1. The van der Waals surface area contributed by atoms with Crippen LogP contribution >= 0.6 is 11.6 Å². The van der Waals surface area contributed by atoms with Gasteiger partial charge in [-0.2, -0.15) is 0 Å². The summed E-state index contributed by atoms with van der Waals surface area (Å²) in [6.07, 6.45) is 1.56. The number of piperazine rings is 1. The molecule has 24 heavy (non-hydrogen) atoms. The topological polar surface area (TPSA) is 47.0 Å².